The Morgan fingerprint density at radius 2 is 2.33 bits per heavy atom. The van der Waals surface area contributed by atoms with Gasteiger partial charge in [-0.3, -0.25) is 0 Å². The van der Waals surface area contributed by atoms with Gasteiger partial charge in [-0.25, -0.2) is 4.68 Å². The third-order valence-corrected chi connectivity index (χ3v) is 2.40. The zero-order valence-electron chi connectivity index (χ0n) is 8.44. The maximum absolute atomic E-state index is 5.96. The molecule has 0 bridgehead atoms. The van der Waals surface area contributed by atoms with Crippen molar-refractivity contribution in [3.05, 3.63) is 47.2 Å². The molecule has 1 N–H and O–H groups in total. The lowest BCUT2D eigenvalue weighted by Gasteiger charge is -2.09. The van der Waals surface area contributed by atoms with E-state index in [1.165, 1.54) is 0 Å². The standard InChI is InChI=1S/C11H12ClN3/c1-13-8-9-7-10(12)3-4-11(9)15-6-2-5-14-15/h2-7,13H,8H2,1H3. The van der Waals surface area contributed by atoms with Crippen LogP contribution >= 0.6 is 11.6 Å². The van der Waals surface area contributed by atoms with Crippen LogP contribution in [-0.2, 0) is 6.54 Å². The van der Waals surface area contributed by atoms with Gasteiger partial charge in [0.1, 0.15) is 0 Å². The minimum atomic E-state index is 0.746. The Bertz CT molecular complexity index is 437. The number of aromatic nitrogens is 2. The van der Waals surface area contributed by atoms with Gasteiger partial charge in [-0.2, -0.15) is 5.10 Å². The summed E-state index contributed by atoms with van der Waals surface area (Å²) in [4.78, 5) is 0. The first-order chi connectivity index (χ1) is 7.31. The largest absolute Gasteiger partial charge is 0.316 e. The number of nitrogens with one attached hydrogen (secondary N) is 1. The third kappa shape index (κ3) is 2.19. The predicted molar refractivity (Wildman–Crippen MR) is 61.3 cm³/mol. The summed E-state index contributed by atoms with van der Waals surface area (Å²) in [6.45, 7) is 0.774. The first kappa shape index (κ1) is 10.2. The SMILES string of the molecule is CNCc1cc(Cl)ccc1-n1cccn1. The van der Waals surface area contributed by atoms with Crippen molar-refractivity contribution in [3.63, 3.8) is 0 Å². The van der Waals surface area contributed by atoms with Crippen molar-refractivity contribution in [3.8, 4) is 5.69 Å². The van der Waals surface area contributed by atoms with E-state index < -0.39 is 0 Å². The Labute approximate surface area is 93.7 Å². The highest BCUT2D eigenvalue weighted by Gasteiger charge is 2.04. The van der Waals surface area contributed by atoms with Crippen molar-refractivity contribution in [2.75, 3.05) is 7.05 Å². The number of nitrogens with zero attached hydrogens (tertiary/aromatic N) is 2. The summed E-state index contributed by atoms with van der Waals surface area (Å²) < 4.78 is 1.84. The summed E-state index contributed by atoms with van der Waals surface area (Å²) in [6.07, 6.45) is 3.68. The minimum Gasteiger partial charge on any atom is -0.316 e. The van der Waals surface area contributed by atoms with Crippen LogP contribution in [0.25, 0.3) is 5.69 Å². The molecule has 0 aliphatic carbocycles. The zero-order chi connectivity index (χ0) is 10.7. The molecule has 1 aromatic carbocycles. The van der Waals surface area contributed by atoms with E-state index >= 15 is 0 Å². The molecule has 0 amide bonds. The van der Waals surface area contributed by atoms with E-state index in [2.05, 4.69) is 10.4 Å². The molecule has 0 aliphatic heterocycles. The Morgan fingerprint density at radius 1 is 1.47 bits per heavy atom. The van der Waals surface area contributed by atoms with E-state index in [9.17, 15) is 0 Å². The fourth-order valence-electron chi connectivity index (χ4n) is 1.52. The summed E-state index contributed by atoms with van der Waals surface area (Å²) in [6, 6.07) is 7.70. The van der Waals surface area contributed by atoms with Crippen molar-refractivity contribution < 1.29 is 0 Å². The van der Waals surface area contributed by atoms with Crippen LogP contribution in [0.15, 0.2) is 36.7 Å². The second-order valence-electron chi connectivity index (χ2n) is 3.25. The molecule has 0 fully saturated rings. The van der Waals surface area contributed by atoms with E-state index in [4.69, 9.17) is 11.6 Å². The van der Waals surface area contributed by atoms with Crippen molar-refractivity contribution in [1.29, 1.82) is 0 Å². The molecule has 0 radical (unpaired) electrons. The van der Waals surface area contributed by atoms with Gasteiger partial charge in [-0.1, -0.05) is 11.6 Å². The van der Waals surface area contributed by atoms with Crippen LogP contribution in [0.2, 0.25) is 5.02 Å². The molecule has 15 heavy (non-hydrogen) atoms. The highest BCUT2D eigenvalue weighted by atomic mass is 35.5. The molecule has 2 rings (SSSR count). The monoisotopic (exact) mass is 221 g/mol. The summed E-state index contributed by atoms with van der Waals surface area (Å²) in [5.74, 6) is 0. The van der Waals surface area contributed by atoms with Gasteiger partial charge in [0.25, 0.3) is 0 Å². The Balaban J connectivity index is 2.46. The number of rotatable bonds is 3. The third-order valence-electron chi connectivity index (χ3n) is 2.16. The number of hydrogen-bond acceptors (Lipinski definition) is 2. The predicted octanol–water partition coefficient (Wildman–Crippen LogP) is 2.25. The Morgan fingerprint density at radius 3 is 3.00 bits per heavy atom. The van der Waals surface area contributed by atoms with Crippen molar-refractivity contribution in [2.24, 2.45) is 0 Å². The van der Waals surface area contributed by atoms with Gasteiger partial charge in [0.05, 0.1) is 5.69 Å². The summed E-state index contributed by atoms with van der Waals surface area (Å²) in [7, 11) is 1.91. The van der Waals surface area contributed by atoms with Crippen LogP contribution in [0, 0.1) is 0 Å². The molecule has 0 atom stereocenters. The smallest absolute Gasteiger partial charge is 0.0691 e. The highest BCUT2D eigenvalue weighted by molar-refractivity contribution is 6.30. The van der Waals surface area contributed by atoms with Gasteiger partial charge < -0.3 is 5.32 Å². The Hall–Kier alpha value is -1.32. The number of hydrogen-bond donors (Lipinski definition) is 1. The lowest BCUT2D eigenvalue weighted by Crippen LogP contribution is -2.09. The van der Waals surface area contributed by atoms with E-state index in [0.717, 1.165) is 22.8 Å². The fourth-order valence-corrected chi connectivity index (χ4v) is 1.72. The molecule has 1 aromatic heterocycles. The summed E-state index contributed by atoms with van der Waals surface area (Å²) >= 11 is 5.96. The van der Waals surface area contributed by atoms with Crippen molar-refractivity contribution in [1.82, 2.24) is 15.1 Å². The first-order valence-corrected chi connectivity index (χ1v) is 5.12. The van der Waals surface area contributed by atoms with Crippen LogP contribution in [-0.4, -0.2) is 16.8 Å². The van der Waals surface area contributed by atoms with Gasteiger partial charge in [0.15, 0.2) is 0 Å². The first-order valence-electron chi connectivity index (χ1n) is 4.74. The molecule has 78 valence electrons. The normalized spacial score (nSPS) is 10.5. The topological polar surface area (TPSA) is 29.9 Å². The van der Waals surface area contributed by atoms with Crippen molar-refractivity contribution >= 4 is 11.6 Å². The van der Waals surface area contributed by atoms with E-state index in [1.54, 1.807) is 6.20 Å². The van der Waals surface area contributed by atoms with Gasteiger partial charge in [-0.15, -0.1) is 0 Å². The molecule has 0 unspecified atom stereocenters. The van der Waals surface area contributed by atoms with E-state index in [1.807, 2.05) is 42.2 Å². The van der Waals surface area contributed by atoms with Gasteiger partial charge in [-0.05, 0) is 36.9 Å². The van der Waals surface area contributed by atoms with E-state index in [-0.39, 0.29) is 0 Å². The quantitative estimate of drug-likeness (QED) is 0.862. The molecule has 0 saturated carbocycles. The van der Waals surface area contributed by atoms with Crippen LogP contribution in [0.5, 0.6) is 0 Å². The molecular weight excluding hydrogens is 210 g/mol. The average molecular weight is 222 g/mol. The molecule has 4 heteroatoms. The van der Waals surface area contributed by atoms with E-state index in [0.29, 0.717) is 0 Å². The molecule has 3 nitrogen and oxygen atoms in total. The van der Waals surface area contributed by atoms with Crippen molar-refractivity contribution in [2.45, 2.75) is 6.54 Å². The number of halogens is 1. The molecule has 0 aliphatic rings. The molecule has 0 spiro atoms. The van der Waals surface area contributed by atoms with Crippen LogP contribution in [0.3, 0.4) is 0 Å². The molecular formula is C11H12ClN3. The highest BCUT2D eigenvalue weighted by Crippen LogP contribution is 2.18. The maximum atomic E-state index is 5.96. The molecule has 0 saturated heterocycles. The average Bonchev–Trinajstić information content (AvgIpc) is 2.71. The molecule has 1 heterocycles. The lowest BCUT2D eigenvalue weighted by atomic mass is 10.2. The Kier molecular flexibility index (Phi) is 3.04. The fraction of sp³-hybridized carbons (Fsp3) is 0.182. The van der Waals surface area contributed by atoms with Crippen LogP contribution < -0.4 is 5.32 Å². The second kappa shape index (κ2) is 4.47. The summed E-state index contributed by atoms with van der Waals surface area (Å²) in [5.41, 5.74) is 2.19. The van der Waals surface area contributed by atoms with Crippen LogP contribution in [0.1, 0.15) is 5.56 Å². The lowest BCUT2D eigenvalue weighted by molar-refractivity contribution is 0.789. The second-order valence-corrected chi connectivity index (χ2v) is 3.69. The summed E-state index contributed by atoms with van der Waals surface area (Å²) in [5, 5.41) is 8.07. The van der Waals surface area contributed by atoms with Gasteiger partial charge >= 0.3 is 0 Å². The molecule has 2 aromatic rings. The van der Waals surface area contributed by atoms with Crippen LogP contribution in [0.4, 0.5) is 0 Å². The van der Waals surface area contributed by atoms with Gasteiger partial charge in [0.2, 0.25) is 0 Å². The van der Waals surface area contributed by atoms with Gasteiger partial charge in [0, 0.05) is 24.0 Å². The minimum absolute atomic E-state index is 0.746. The maximum Gasteiger partial charge on any atom is 0.0691 e. The zero-order valence-corrected chi connectivity index (χ0v) is 9.20. The number of benzene rings is 1.